The first-order valence-electron chi connectivity index (χ1n) is 6.96. The molecule has 1 atom stereocenters. The largest absolute Gasteiger partial charge is 0.365 e. The average Bonchev–Trinajstić information content (AvgIpc) is 3.09. The van der Waals surface area contributed by atoms with Gasteiger partial charge in [0.25, 0.3) is 5.91 Å². The second kappa shape index (κ2) is 5.87. The SMILES string of the molecule is NC(=O)c1cn[nH]c1C1CCCN1Cc1ccc(Cl)cc1. The molecule has 2 aromatic rings. The summed E-state index contributed by atoms with van der Waals surface area (Å²) in [6.45, 7) is 1.81. The Morgan fingerprint density at radius 3 is 2.90 bits per heavy atom. The maximum atomic E-state index is 11.5. The number of hydrogen-bond donors (Lipinski definition) is 2. The van der Waals surface area contributed by atoms with Crippen LogP contribution >= 0.6 is 11.6 Å². The predicted molar refractivity (Wildman–Crippen MR) is 80.9 cm³/mol. The van der Waals surface area contributed by atoms with Crippen LogP contribution in [0.5, 0.6) is 0 Å². The summed E-state index contributed by atoms with van der Waals surface area (Å²) in [5, 5.41) is 7.65. The standard InChI is InChI=1S/C15H17ClN4O/c16-11-5-3-10(4-6-11)9-20-7-1-2-13(20)14-12(15(17)21)8-18-19-14/h3-6,8,13H,1-2,7,9H2,(H2,17,21)(H,18,19). The first-order chi connectivity index (χ1) is 10.1. The van der Waals surface area contributed by atoms with Gasteiger partial charge in [-0.05, 0) is 37.1 Å². The first kappa shape index (κ1) is 14.1. The molecule has 21 heavy (non-hydrogen) atoms. The van der Waals surface area contributed by atoms with Gasteiger partial charge in [-0.3, -0.25) is 14.8 Å². The summed E-state index contributed by atoms with van der Waals surface area (Å²) < 4.78 is 0. The molecule has 6 heteroatoms. The van der Waals surface area contributed by atoms with Crippen molar-refractivity contribution in [2.24, 2.45) is 5.73 Å². The molecule has 3 rings (SSSR count). The number of nitrogens with zero attached hydrogens (tertiary/aromatic N) is 2. The summed E-state index contributed by atoms with van der Waals surface area (Å²) in [7, 11) is 0. The molecule has 110 valence electrons. The van der Waals surface area contributed by atoms with Gasteiger partial charge in [0.2, 0.25) is 0 Å². The first-order valence-corrected chi connectivity index (χ1v) is 7.34. The van der Waals surface area contributed by atoms with Crippen molar-refractivity contribution >= 4 is 17.5 Å². The van der Waals surface area contributed by atoms with Gasteiger partial charge in [-0.15, -0.1) is 0 Å². The van der Waals surface area contributed by atoms with E-state index in [1.54, 1.807) is 0 Å². The summed E-state index contributed by atoms with van der Waals surface area (Å²) in [6.07, 6.45) is 3.60. The van der Waals surface area contributed by atoms with E-state index in [4.69, 9.17) is 17.3 Å². The fourth-order valence-electron chi connectivity index (χ4n) is 2.91. The molecular weight excluding hydrogens is 288 g/mol. The Morgan fingerprint density at radius 2 is 2.19 bits per heavy atom. The number of halogens is 1. The number of H-pyrrole nitrogens is 1. The molecule has 2 heterocycles. The van der Waals surface area contributed by atoms with Crippen molar-refractivity contribution in [1.29, 1.82) is 0 Å². The van der Waals surface area contributed by atoms with Crippen molar-refractivity contribution in [1.82, 2.24) is 15.1 Å². The topological polar surface area (TPSA) is 75.0 Å². The average molecular weight is 305 g/mol. The highest BCUT2D eigenvalue weighted by Crippen LogP contribution is 2.33. The zero-order valence-electron chi connectivity index (χ0n) is 11.6. The van der Waals surface area contributed by atoms with Crippen molar-refractivity contribution < 1.29 is 4.79 Å². The predicted octanol–water partition coefficient (Wildman–Crippen LogP) is 2.50. The lowest BCUT2D eigenvalue weighted by atomic mass is 10.1. The second-order valence-electron chi connectivity index (χ2n) is 5.32. The van der Waals surface area contributed by atoms with Gasteiger partial charge in [0, 0.05) is 11.6 Å². The monoisotopic (exact) mass is 304 g/mol. The fraction of sp³-hybridized carbons (Fsp3) is 0.333. The minimum Gasteiger partial charge on any atom is -0.365 e. The Hall–Kier alpha value is -1.85. The molecule has 0 aliphatic carbocycles. The number of carbonyl (C=O) groups excluding carboxylic acids is 1. The molecule has 1 aromatic carbocycles. The van der Waals surface area contributed by atoms with Crippen molar-refractivity contribution in [2.75, 3.05) is 6.54 Å². The summed E-state index contributed by atoms with van der Waals surface area (Å²) in [4.78, 5) is 13.8. The number of nitrogens with one attached hydrogen (secondary N) is 1. The third-order valence-electron chi connectivity index (χ3n) is 3.93. The van der Waals surface area contributed by atoms with Crippen molar-refractivity contribution in [3.8, 4) is 0 Å². The van der Waals surface area contributed by atoms with Crippen LogP contribution in [0.15, 0.2) is 30.5 Å². The van der Waals surface area contributed by atoms with E-state index in [0.29, 0.717) is 5.56 Å². The summed E-state index contributed by atoms with van der Waals surface area (Å²) in [5.74, 6) is -0.433. The van der Waals surface area contributed by atoms with Crippen LogP contribution in [0.2, 0.25) is 5.02 Å². The molecule has 1 fully saturated rings. The number of carbonyl (C=O) groups is 1. The molecule has 1 aromatic heterocycles. The molecule has 1 saturated heterocycles. The summed E-state index contributed by atoms with van der Waals surface area (Å²) >= 11 is 5.92. The number of rotatable bonds is 4. The van der Waals surface area contributed by atoms with E-state index in [0.717, 1.165) is 36.6 Å². The molecule has 0 bridgehead atoms. The molecule has 5 nitrogen and oxygen atoms in total. The maximum absolute atomic E-state index is 11.5. The van der Waals surface area contributed by atoms with Gasteiger partial charge < -0.3 is 5.73 Å². The third-order valence-corrected chi connectivity index (χ3v) is 4.18. The number of aromatic amines is 1. The Morgan fingerprint density at radius 1 is 1.43 bits per heavy atom. The molecule has 1 amide bonds. The Labute approximate surface area is 128 Å². The zero-order valence-corrected chi connectivity index (χ0v) is 12.3. The van der Waals surface area contributed by atoms with Crippen LogP contribution in [0.25, 0.3) is 0 Å². The van der Waals surface area contributed by atoms with Gasteiger partial charge in [-0.2, -0.15) is 5.10 Å². The fourth-order valence-corrected chi connectivity index (χ4v) is 3.04. The van der Waals surface area contributed by atoms with E-state index in [1.165, 1.54) is 11.8 Å². The van der Waals surface area contributed by atoms with E-state index in [2.05, 4.69) is 15.1 Å². The second-order valence-corrected chi connectivity index (χ2v) is 5.75. The molecule has 0 radical (unpaired) electrons. The minimum atomic E-state index is -0.433. The smallest absolute Gasteiger partial charge is 0.252 e. The number of aromatic nitrogens is 2. The van der Waals surface area contributed by atoms with Crippen molar-refractivity contribution in [3.05, 3.63) is 52.3 Å². The van der Waals surface area contributed by atoms with Crippen LogP contribution in [0, 0.1) is 0 Å². The van der Waals surface area contributed by atoms with E-state index in [-0.39, 0.29) is 6.04 Å². The third kappa shape index (κ3) is 2.94. The molecule has 0 saturated carbocycles. The zero-order chi connectivity index (χ0) is 14.8. The Balaban J connectivity index is 1.80. The van der Waals surface area contributed by atoms with E-state index < -0.39 is 5.91 Å². The number of nitrogens with two attached hydrogens (primary N) is 1. The lowest BCUT2D eigenvalue weighted by Crippen LogP contribution is -2.25. The van der Waals surface area contributed by atoms with E-state index >= 15 is 0 Å². The lowest BCUT2D eigenvalue weighted by Gasteiger charge is -2.24. The van der Waals surface area contributed by atoms with Crippen LogP contribution < -0.4 is 5.73 Å². The molecule has 1 aliphatic heterocycles. The normalized spacial score (nSPS) is 19.0. The minimum absolute atomic E-state index is 0.158. The number of benzene rings is 1. The maximum Gasteiger partial charge on any atom is 0.252 e. The van der Waals surface area contributed by atoms with Crippen LogP contribution in [0.3, 0.4) is 0 Å². The van der Waals surface area contributed by atoms with Gasteiger partial charge in [0.05, 0.1) is 23.5 Å². The number of amides is 1. The number of hydrogen-bond acceptors (Lipinski definition) is 3. The molecule has 1 unspecified atom stereocenters. The molecule has 0 spiro atoms. The number of likely N-dealkylation sites (tertiary alicyclic amines) is 1. The van der Waals surface area contributed by atoms with Crippen molar-refractivity contribution in [3.63, 3.8) is 0 Å². The number of primary amides is 1. The highest BCUT2D eigenvalue weighted by molar-refractivity contribution is 6.30. The van der Waals surface area contributed by atoms with Crippen molar-refractivity contribution in [2.45, 2.75) is 25.4 Å². The van der Waals surface area contributed by atoms with E-state index in [1.807, 2.05) is 24.3 Å². The highest BCUT2D eigenvalue weighted by atomic mass is 35.5. The van der Waals surface area contributed by atoms with Gasteiger partial charge >= 0.3 is 0 Å². The van der Waals surface area contributed by atoms with Gasteiger partial charge in [-0.25, -0.2) is 0 Å². The van der Waals surface area contributed by atoms with Crippen LogP contribution in [0.4, 0.5) is 0 Å². The van der Waals surface area contributed by atoms with Gasteiger partial charge in [-0.1, -0.05) is 23.7 Å². The van der Waals surface area contributed by atoms with Crippen LogP contribution in [-0.2, 0) is 6.54 Å². The molecule has 1 aliphatic rings. The van der Waals surface area contributed by atoms with Crippen LogP contribution in [-0.4, -0.2) is 27.5 Å². The Kier molecular flexibility index (Phi) is 3.94. The molecule has 3 N–H and O–H groups in total. The van der Waals surface area contributed by atoms with E-state index in [9.17, 15) is 4.79 Å². The van der Waals surface area contributed by atoms with Crippen LogP contribution in [0.1, 0.15) is 40.5 Å². The summed E-state index contributed by atoms with van der Waals surface area (Å²) in [6, 6.07) is 8.00. The molecular formula is C15H17ClN4O. The van der Waals surface area contributed by atoms with Gasteiger partial charge in [0.15, 0.2) is 0 Å². The lowest BCUT2D eigenvalue weighted by molar-refractivity contribution is 0.0997. The van der Waals surface area contributed by atoms with Gasteiger partial charge in [0.1, 0.15) is 0 Å². The summed E-state index contributed by atoms with van der Waals surface area (Å²) in [5.41, 5.74) is 7.93. The highest BCUT2D eigenvalue weighted by Gasteiger charge is 2.30. The Bertz CT molecular complexity index is 637. The quantitative estimate of drug-likeness (QED) is 0.911.